The molecule has 1 atom stereocenters. The SMILES string of the molecule is CCc1c(CC(C)NC(=O)OC(C)(C)C)sc2c(N(Cc3ccco3)C(=O)O)nc(Cl)nc12. The number of halogens is 1. The second kappa shape index (κ2) is 9.96. The number of nitrogens with one attached hydrogen (secondary N) is 1. The summed E-state index contributed by atoms with van der Waals surface area (Å²) in [5.74, 6) is 0.676. The zero-order chi connectivity index (χ0) is 24.3. The molecule has 9 nitrogen and oxygen atoms in total. The van der Waals surface area contributed by atoms with Crippen molar-refractivity contribution in [2.45, 2.75) is 65.6 Å². The monoisotopic (exact) mass is 494 g/mol. The molecule has 3 rings (SSSR count). The average molecular weight is 495 g/mol. The third-order valence-corrected chi connectivity index (χ3v) is 6.07. The van der Waals surface area contributed by atoms with Gasteiger partial charge in [-0.15, -0.1) is 11.3 Å². The lowest BCUT2D eigenvalue weighted by atomic mass is 10.1. The number of hydrogen-bond donors (Lipinski definition) is 2. The minimum Gasteiger partial charge on any atom is -0.467 e. The summed E-state index contributed by atoms with van der Waals surface area (Å²) in [6, 6.07) is 3.16. The van der Waals surface area contributed by atoms with Crippen LogP contribution in [0, 0.1) is 0 Å². The van der Waals surface area contributed by atoms with Gasteiger partial charge in [-0.1, -0.05) is 6.92 Å². The molecule has 0 saturated heterocycles. The largest absolute Gasteiger partial charge is 0.467 e. The number of anilines is 1. The normalized spacial score (nSPS) is 12.5. The van der Waals surface area contributed by atoms with Gasteiger partial charge < -0.3 is 19.6 Å². The van der Waals surface area contributed by atoms with E-state index in [4.69, 9.17) is 20.8 Å². The Labute approximate surface area is 200 Å². The minimum atomic E-state index is -1.18. The predicted molar refractivity (Wildman–Crippen MR) is 127 cm³/mol. The molecular weight excluding hydrogens is 468 g/mol. The van der Waals surface area contributed by atoms with Gasteiger partial charge in [-0.3, -0.25) is 4.90 Å². The van der Waals surface area contributed by atoms with Crippen LogP contribution in [0.5, 0.6) is 0 Å². The first-order valence-electron chi connectivity index (χ1n) is 10.5. The number of amides is 2. The van der Waals surface area contributed by atoms with Crippen LogP contribution in [0.4, 0.5) is 15.4 Å². The number of carbonyl (C=O) groups is 2. The second-order valence-electron chi connectivity index (χ2n) is 8.55. The fourth-order valence-corrected chi connectivity index (χ4v) is 4.99. The van der Waals surface area contributed by atoms with Crippen molar-refractivity contribution in [2.75, 3.05) is 4.90 Å². The van der Waals surface area contributed by atoms with Gasteiger partial charge in [-0.2, -0.15) is 4.98 Å². The molecule has 11 heteroatoms. The van der Waals surface area contributed by atoms with Crippen LogP contribution in [-0.2, 0) is 24.1 Å². The molecule has 3 heterocycles. The zero-order valence-corrected chi connectivity index (χ0v) is 20.7. The maximum absolute atomic E-state index is 12.1. The first-order chi connectivity index (χ1) is 15.5. The maximum atomic E-state index is 12.1. The van der Waals surface area contributed by atoms with E-state index in [1.807, 2.05) is 13.8 Å². The lowest BCUT2D eigenvalue weighted by Gasteiger charge is -2.22. The number of hydrogen-bond acceptors (Lipinski definition) is 7. The van der Waals surface area contributed by atoms with Gasteiger partial charge in [0, 0.05) is 17.3 Å². The third-order valence-electron chi connectivity index (χ3n) is 4.66. The van der Waals surface area contributed by atoms with Crippen molar-refractivity contribution in [3.05, 3.63) is 39.9 Å². The highest BCUT2D eigenvalue weighted by atomic mass is 35.5. The van der Waals surface area contributed by atoms with E-state index in [0.717, 1.165) is 15.3 Å². The number of ether oxygens (including phenoxy) is 1. The number of fused-ring (bicyclic) bond motifs is 1. The summed E-state index contributed by atoms with van der Waals surface area (Å²) in [6.07, 6.45) is 0.983. The van der Waals surface area contributed by atoms with Crippen molar-refractivity contribution < 1.29 is 23.8 Å². The number of thiophene rings is 1. The molecule has 0 aliphatic heterocycles. The average Bonchev–Trinajstić information content (AvgIpc) is 3.30. The second-order valence-corrected chi connectivity index (χ2v) is 9.99. The maximum Gasteiger partial charge on any atom is 0.413 e. The third kappa shape index (κ3) is 6.14. The molecule has 0 aliphatic carbocycles. The molecule has 3 aromatic rings. The van der Waals surface area contributed by atoms with E-state index in [0.29, 0.717) is 28.8 Å². The minimum absolute atomic E-state index is 0.0178. The highest BCUT2D eigenvalue weighted by Crippen LogP contribution is 2.38. The number of furan rings is 1. The molecule has 178 valence electrons. The molecule has 2 N–H and O–H groups in total. The smallest absolute Gasteiger partial charge is 0.413 e. The molecule has 0 fully saturated rings. The van der Waals surface area contributed by atoms with Crippen molar-refractivity contribution >= 4 is 51.2 Å². The summed E-state index contributed by atoms with van der Waals surface area (Å²) in [7, 11) is 0. The zero-order valence-electron chi connectivity index (χ0n) is 19.1. The van der Waals surface area contributed by atoms with Gasteiger partial charge in [0.2, 0.25) is 5.28 Å². The molecule has 33 heavy (non-hydrogen) atoms. The summed E-state index contributed by atoms with van der Waals surface area (Å²) in [6.45, 7) is 9.27. The quantitative estimate of drug-likeness (QED) is 0.408. The van der Waals surface area contributed by atoms with Crippen molar-refractivity contribution in [3.8, 4) is 0 Å². The van der Waals surface area contributed by atoms with E-state index in [-0.39, 0.29) is 23.7 Å². The number of aromatic nitrogens is 2. The Bertz CT molecular complexity index is 1140. The standard InChI is InChI=1S/C22H27ClN4O5S/c1-6-14-15(10-12(2)24-20(28)32-22(3,4)5)33-17-16(14)25-19(23)26-18(17)27(21(29)30)11-13-8-7-9-31-13/h7-9,12H,6,10-11H2,1-5H3,(H,24,28)(H,29,30). The van der Waals surface area contributed by atoms with Gasteiger partial charge in [-0.25, -0.2) is 14.6 Å². The van der Waals surface area contributed by atoms with E-state index in [2.05, 4.69) is 15.3 Å². The number of aryl methyl sites for hydroxylation is 1. The summed E-state index contributed by atoms with van der Waals surface area (Å²) >= 11 is 7.59. The number of nitrogens with zero attached hydrogens (tertiary/aromatic N) is 3. The summed E-state index contributed by atoms with van der Waals surface area (Å²) in [4.78, 5) is 34.9. The van der Waals surface area contributed by atoms with Gasteiger partial charge in [0.15, 0.2) is 5.82 Å². The summed E-state index contributed by atoms with van der Waals surface area (Å²) in [5.41, 5.74) is 0.968. The lowest BCUT2D eigenvalue weighted by molar-refractivity contribution is 0.0508. The van der Waals surface area contributed by atoms with Gasteiger partial charge in [0.05, 0.1) is 23.0 Å². The molecule has 2 amide bonds. The molecule has 0 radical (unpaired) electrons. The number of carboxylic acid groups (broad SMARTS) is 1. The van der Waals surface area contributed by atoms with E-state index < -0.39 is 17.8 Å². The molecule has 0 aliphatic rings. The number of carbonyl (C=O) groups excluding carboxylic acids is 1. The Balaban J connectivity index is 1.96. The molecular formula is C22H27ClN4O5S. The van der Waals surface area contributed by atoms with Crippen molar-refractivity contribution in [1.82, 2.24) is 15.3 Å². The number of alkyl carbamates (subject to hydrolysis) is 1. The van der Waals surface area contributed by atoms with E-state index in [9.17, 15) is 14.7 Å². The molecule has 1 unspecified atom stereocenters. The summed E-state index contributed by atoms with van der Waals surface area (Å²) in [5, 5.41) is 12.7. The van der Waals surface area contributed by atoms with Crippen molar-refractivity contribution in [2.24, 2.45) is 0 Å². The Morgan fingerprint density at radius 3 is 2.67 bits per heavy atom. The van der Waals surface area contributed by atoms with Crippen LogP contribution in [0.1, 0.15) is 50.8 Å². The fraction of sp³-hybridized carbons (Fsp3) is 0.455. The Morgan fingerprint density at radius 2 is 2.09 bits per heavy atom. The topological polar surface area (TPSA) is 118 Å². The van der Waals surface area contributed by atoms with E-state index in [1.54, 1.807) is 32.9 Å². The Morgan fingerprint density at radius 1 is 1.36 bits per heavy atom. The first-order valence-corrected chi connectivity index (χ1v) is 11.7. The van der Waals surface area contributed by atoms with Crippen LogP contribution < -0.4 is 10.2 Å². The van der Waals surface area contributed by atoms with Gasteiger partial charge in [0.25, 0.3) is 0 Å². The highest BCUT2D eigenvalue weighted by Gasteiger charge is 2.26. The van der Waals surface area contributed by atoms with Crippen LogP contribution in [0.3, 0.4) is 0 Å². The van der Waals surface area contributed by atoms with Crippen LogP contribution in [-0.4, -0.2) is 38.9 Å². The van der Waals surface area contributed by atoms with Gasteiger partial charge >= 0.3 is 12.2 Å². The van der Waals surface area contributed by atoms with Crippen molar-refractivity contribution in [3.63, 3.8) is 0 Å². The molecule has 0 saturated carbocycles. The van der Waals surface area contributed by atoms with E-state index in [1.165, 1.54) is 17.6 Å². The first kappa shape index (κ1) is 24.8. The summed E-state index contributed by atoms with van der Waals surface area (Å²) < 4.78 is 11.3. The number of rotatable bonds is 7. The van der Waals surface area contributed by atoms with Crippen LogP contribution in [0.2, 0.25) is 5.28 Å². The molecule has 0 spiro atoms. The van der Waals surface area contributed by atoms with Crippen LogP contribution >= 0.6 is 22.9 Å². The van der Waals surface area contributed by atoms with Gasteiger partial charge in [0.1, 0.15) is 11.4 Å². The van der Waals surface area contributed by atoms with E-state index >= 15 is 0 Å². The Hall–Kier alpha value is -2.85. The van der Waals surface area contributed by atoms with Crippen LogP contribution in [0.25, 0.3) is 10.2 Å². The van der Waals surface area contributed by atoms with Crippen molar-refractivity contribution in [1.29, 1.82) is 0 Å². The molecule has 0 aromatic carbocycles. The lowest BCUT2D eigenvalue weighted by Crippen LogP contribution is -2.38. The predicted octanol–water partition coefficient (Wildman–Crippen LogP) is 5.64. The Kier molecular flexibility index (Phi) is 7.48. The molecule has 0 bridgehead atoms. The molecule has 3 aromatic heterocycles. The highest BCUT2D eigenvalue weighted by molar-refractivity contribution is 7.19. The van der Waals surface area contributed by atoms with Gasteiger partial charge in [-0.05, 0) is 63.4 Å². The fourth-order valence-electron chi connectivity index (χ4n) is 3.37. The van der Waals surface area contributed by atoms with Crippen LogP contribution in [0.15, 0.2) is 22.8 Å².